The SMILES string of the molecule is CCc1ccc2c(c1)CCC(C(O)CNCC(O)C1CCc3cc(F)ccc3O1)O2. The third-order valence-corrected chi connectivity index (χ3v) is 6.07. The second kappa shape index (κ2) is 9.33. The lowest BCUT2D eigenvalue weighted by molar-refractivity contribution is 0.00895. The van der Waals surface area contributed by atoms with E-state index < -0.39 is 12.2 Å². The van der Waals surface area contributed by atoms with E-state index in [2.05, 4.69) is 24.4 Å². The van der Waals surface area contributed by atoms with Gasteiger partial charge in [0.25, 0.3) is 0 Å². The number of aliphatic hydroxyl groups excluding tert-OH is 2. The molecule has 0 spiro atoms. The largest absolute Gasteiger partial charge is 0.487 e. The Hall–Kier alpha value is -2.15. The van der Waals surface area contributed by atoms with Crippen LogP contribution in [0.5, 0.6) is 11.5 Å². The molecule has 0 saturated heterocycles. The van der Waals surface area contributed by atoms with Gasteiger partial charge in [-0.25, -0.2) is 4.39 Å². The van der Waals surface area contributed by atoms with Gasteiger partial charge in [-0.1, -0.05) is 19.1 Å². The van der Waals surface area contributed by atoms with Crippen molar-refractivity contribution >= 4 is 0 Å². The third-order valence-electron chi connectivity index (χ3n) is 6.07. The normalized spacial score (nSPS) is 22.3. The van der Waals surface area contributed by atoms with E-state index >= 15 is 0 Å². The molecule has 2 aliphatic rings. The van der Waals surface area contributed by atoms with Crippen LogP contribution in [0.1, 0.15) is 36.5 Å². The maximum absolute atomic E-state index is 13.3. The van der Waals surface area contributed by atoms with Crippen molar-refractivity contribution in [2.75, 3.05) is 13.1 Å². The summed E-state index contributed by atoms with van der Waals surface area (Å²) in [6, 6.07) is 10.7. The summed E-state index contributed by atoms with van der Waals surface area (Å²) in [5.41, 5.74) is 3.34. The van der Waals surface area contributed by atoms with Gasteiger partial charge in [0, 0.05) is 13.1 Å². The van der Waals surface area contributed by atoms with Crippen LogP contribution in [-0.4, -0.2) is 47.7 Å². The average molecular weight is 416 g/mol. The van der Waals surface area contributed by atoms with E-state index in [0.29, 0.717) is 31.7 Å². The molecule has 4 atom stereocenters. The fourth-order valence-corrected chi connectivity index (χ4v) is 4.24. The second-order valence-corrected chi connectivity index (χ2v) is 8.23. The molecule has 5 nitrogen and oxygen atoms in total. The van der Waals surface area contributed by atoms with E-state index in [4.69, 9.17) is 9.47 Å². The first-order valence-corrected chi connectivity index (χ1v) is 10.8. The molecule has 0 radical (unpaired) electrons. The van der Waals surface area contributed by atoms with Crippen LogP contribution in [0.15, 0.2) is 36.4 Å². The molecule has 162 valence electrons. The number of aliphatic hydroxyl groups is 2. The van der Waals surface area contributed by atoms with Crippen molar-refractivity contribution in [1.29, 1.82) is 0 Å². The van der Waals surface area contributed by atoms with Crippen LogP contribution in [0.4, 0.5) is 4.39 Å². The lowest BCUT2D eigenvalue weighted by Crippen LogP contribution is -2.46. The molecule has 2 heterocycles. The van der Waals surface area contributed by atoms with Crippen LogP contribution in [0.2, 0.25) is 0 Å². The van der Waals surface area contributed by atoms with Crippen LogP contribution in [0.25, 0.3) is 0 Å². The predicted molar refractivity (Wildman–Crippen MR) is 113 cm³/mol. The van der Waals surface area contributed by atoms with Gasteiger partial charge in [-0.2, -0.15) is 0 Å². The highest BCUT2D eigenvalue weighted by atomic mass is 19.1. The van der Waals surface area contributed by atoms with E-state index in [-0.39, 0.29) is 18.0 Å². The summed E-state index contributed by atoms with van der Waals surface area (Å²) in [4.78, 5) is 0. The number of hydrogen-bond donors (Lipinski definition) is 3. The smallest absolute Gasteiger partial charge is 0.126 e. The zero-order valence-electron chi connectivity index (χ0n) is 17.3. The van der Waals surface area contributed by atoms with Crippen molar-refractivity contribution in [3.05, 3.63) is 58.9 Å². The van der Waals surface area contributed by atoms with E-state index in [0.717, 1.165) is 30.6 Å². The number of halogens is 1. The third kappa shape index (κ3) is 4.77. The summed E-state index contributed by atoms with van der Waals surface area (Å²) in [6.07, 6.45) is 1.98. The van der Waals surface area contributed by atoms with E-state index in [1.807, 2.05) is 6.07 Å². The van der Waals surface area contributed by atoms with Gasteiger partial charge >= 0.3 is 0 Å². The molecule has 0 bridgehead atoms. The van der Waals surface area contributed by atoms with E-state index in [1.165, 1.54) is 23.3 Å². The fourth-order valence-electron chi connectivity index (χ4n) is 4.24. The lowest BCUT2D eigenvalue weighted by Gasteiger charge is -2.31. The molecule has 4 rings (SSSR count). The quantitative estimate of drug-likeness (QED) is 0.649. The van der Waals surface area contributed by atoms with Crippen LogP contribution < -0.4 is 14.8 Å². The first-order chi connectivity index (χ1) is 14.5. The Morgan fingerprint density at radius 1 is 0.933 bits per heavy atom. The molecule has 4 unspecified atom stereocenters. The number of rotatable bonds is 7. The molecule has 0 amide bonds. The zero-order valence-corrected chi connectivity index (χ0v) is 17.3. The summed E-state index contributed by atoms with van der Waals surface area (Å²) in [5.74, 6) is 1.21. The summed E-state index contributed by atoms with van der Waals surface area (Å²) in [7, 11) is 0. The number of fused-ring (bicyclic) bond motifs is 2. The highest BCUT2D eigenvalue weighted by Crippen LogP contribution is 2.30. The zero-order chi connectivity index (χ0) is 21.1. The maximum Gasteiger partial charge on any atom is 0.126 e. The molecule has 2 aromatic carbocycles. The minimum atomic E-state index is -0.712. The average Bonchev–Trinajstić information content (AvgIpc) is 2.77. The highest BCUT2D eigenvalue weighted by Gasteiger charge is 2.29. The van der Waals surface area contributed by atoms with Crippen molar-refractivity contribution in [1.82, 2.24) is 5.32 Å². The summed E-state index contributed by atoms with van der Waals surface area (Å²) < 4.78 is 25.2. The van der Waals surface area contributed by atoms with Crippen molar-refractivity contribution in [3.8, 4) is 11.5 Å². The molecule has 0 aliphatic carbocycles. The van der Waals surface area contributed by atoms with Crippen LogP contribution in [0.3, 0.4) is 0 Å². The number of aryl methyl sites for hydroxylation is 3. The summed E-state index contributed by atoms with van der Waals surface area (Å²) in [5, 5.41) is 24.2. The summed E-state index contributed by atoms with van der Waals surface area (Å²) >= 11 is 0. The number of hydrogen-bond acceptors (Lipinski definition) is 5. The van der Waals surface area contributed by atoms with Crippen LogP contribution >= 0.6 is 0 Å². The lowest BCUT2D eigenvalue weighted by atomic mass is 9.96. The molecule has 2 aliphatic heterocycles. The van der Waals surface area contributed by atoms with Crippen molar-refractivity contribution in [2.24, 2.45) is 0 Å². The van der Waals surface area contributed by atoms with Gasteiger partial charge in [-0.3, -0.25) is 0 Å². The van der Waals surface area contributed by atoms with Gasteiger partial charge in [-0.05, 0) is 73.1 Å². The molecule has 0 aromatic heterocycles. The predicted octanol–water partition coefficient (Wildman–Crippen LogP) is 2.79. The molecule has 6 heteroatoms. The van der Waals surface area contributed by atoms with Crippen molar-refractivity contribution in [3.63, 3.8) is 0 Å². The van der Waals surface area contributed by atoms with Gasteiger partial charge < -0.3 is 25.0 Å². The van der Waals surface area contributed by atoms with Gasteiger partial charge in [0.05, 0.1) is 0 Å². The Labute approximate surface area is 176 Å². The number of ether oxygens (including phenoxy) is 2. The Bertz CT molecular complexity index is 874. The molecule has 30 heavy (non-hydrogen) atoms. The monoisotopic (exact) mass is 415 g/mol. The van der Waals surface area contributed by atoms with Crippen LogP contribution in [-0.2, 0) is 19.3 Å². The number of nitrogens with one attached hydrogen (secondary N) is 1. The molecule has 2 aromatic rings. The summed E-state index contributed by atoms with van der Waals surface area (Å²) in [6.45, 7) is 2.77. The topological polar surface area (TPSA) is 71.0 Å². The highest BCUT2D eigenvalue weighted by molar-refractivity contribution is 5.39. The molecule has 0 saturated carbocycles. The molecular weight excluding hydrogens is 385 g/mol. The number of benzene rings is 2. The first-order valence-electron chi connectivity index (χ1n) is 10.8. The van der Waals surface area contributed by atoms with E-state index in [9.17, 15) is 14.6 Å². The standard InChI is InChI=1S/C24H30FNO4/c1-2-15-3-7-21-16(11-15)4-8-23(29-21)19(27)13-26-14-20(28)24-9-5-17-12-18(25)6-10-22(17)30-24/h3,6-7,10-12,19-20,23-24,26-28H,2,4-5,8-9,13-14H2,1H3. The van der Waals surface area contributed by atoms with Gasteiger partial charge in [-0.15, -0.1) is 0 Å². The maximum atomic E-state index is 13.3. The second-order valence-electron chi connectivity index (χ2n) is 8.23. The molecule has 3 N–H and O–H groups in total. The fraction of sp³-hybridized carbons (Fsp3) is 0.500. The van der Waals surface area contributed by atoms with Gasteiger partial charge in [0.15, 0.2) is 0 Å². The van der Waals surface area contributed by atoms with E-state index in [1.54, 1.807) is 6.07 Å². The van der Waals surface area contributed by atoms with Crippen LogP contribution in [0, 0.1) is 5.82 Å². The first kappa shape index (κ1) is 21.1. The van der Waals surface area contributed by atoms with Gasteiger partial charge in [0.2, 0.25) is 0 Å². The Morgan fingerprint density at radius 2 is 1.50 bits per heavy atom. The Morgan fingerprint density at radius 3 is 2.10 bits per heavy atom. The Balaban J connectivity index is 1.23. The van der Waals surface area contributed by atoms with Crippen molar-refractivity contribution in [2.45, 2.75) is 63.4 Å². The van der Waals surface area contributed by atoms with Crippen molar-refractivity contribution < 1.29 is 24.1 Å². The minimum absolute atomic E-state index is 0.262. The minimum Gasteiger partial charge on any atom is -0.487 e. The Kier molecular flexibility index (Phi) is 6.56. The molecular formula is C24H30FNO4. The molecule has 0 fully saturated rings. The van der Waals surface area contributed by atoms with Gasteiger partial charge in [0.1, 0.15) is 41.7 Å².